The standard InChI is InChI=1S/C44H53N6O9P/c1-28(2)50(29(3)4)60(57-24-23-45-6)59-40-37(58-43(41(40)55-9)49-27-46-39-36(49)25-38(47-30(5)51)48-42(39)52)26-56-44(31-13-11-10-12-14-31,32-15-19-34(53-7)20-16-32)33-17-21-35(54-8)22-18-33/h10-22,25,27-29,37,40-41,43H,23-24,26H2,1-5,7-9H3,(H2,47,48,51,52)/t37-,40?,41-,43-,60?/m1/s1. The van der Waals surface area contributed by atoms with Gasteiger partial charge in [0.25, 0.3) is 14.1 Å². The minimum Gasteiger partial charge on any atom is -0.497 e. The molecule has 60 heavy (non-hydrogen) atoms. The zero-order valence-corrected chi connectivity index (χ0v) is 36.1. The Hall–Kier alpha value is -5.17. The first-order valence-corrected chi connectivity index (χ1v) is 20.8. The van der Waals surface area contributed by atoms with Crippen LogP contribution < -0.4 is 20.3 Å². The lowest BCUT2D eigenvalue weighted by molar-refractivity contribution is -0.114. The quantitative estimate of drug-likeness (QED) is 0.0373. The zero-order chi connectivity index (χ0) is 43.0. The van der Waals surface area contributed by atoms with Gasteiger partial charge in [-0.05, 0) is 68.7 Å². The smallest absolute Gasteiger partial charge is 0.277 e. The highest BCUT2D eigenvalue weighted by molar-refractivity contribution is 7.44. The number of ether oxygens (including phenoxy) is 5. The van der Waals surface area contributed by atoms with Crippen LogP contribution in [0, 0.1) is 6.57 Å². The number of fused-ring (bicyclic) bond motifs is 1. The first-order valence-electron chi connectivity index (χ1n) is 19.7. The van der Waals surface area contributed by atoms with Gasteiger partial charge < -0.3 is 52.4 Å². The number of benzene rings is 3. The molecular weight excluding hydrogens is 787 g/mol. The molecule has 1 fully saturated rings. The van der Waals surface area contributed by atoms with Crippen molar-refractivity contribution in [1.29, 1.82) is 0 Å². The lowest BCUT2D eigenvalue weighted by Crippen LogP contribution is -2.42. The average molecular weight is 841 g/mol. The molecule has 3 heterocycles. The summed E-state index contributed by atoms with van der Waals surface area (Å²) in [7, 11) is 3.04. The van der Waals surface area contributed by atoms with Gasteiger partial charge in [-0.25, -0.2) is 16.2 Å². The second-order valence-electron chi connectivity index (χ2n) is 14.7. The molecule has 1 aliphatic heterocycles. The molecule has 6 rings (SSSR count). The van der Waals surface area contributed by atoms with E-state index in [2.05, 4.69) is 52.5 Å². The maximum absolute atomic E-state index is 13.2. The number of imidazole rings is 1. The van der Waals surface area contributed by atoms with Crippen LogP contribution in [0.5, 0.6) is 11.5 Å². The minimum atomic E-state index is -1.78. The molecule has 15 nitrogen and oxygen atoms in total. The van der Waals surface area contributed by atoms with Crippen LogP contribution in [0.25, 0.3) is 15.9 Å². The van der Waals surface area contributed by atoms with Crippen molar-refractivity contribution in [3.8, 4) is 11.5 Å². The predicted molar refractivity (Wildman–Crippen MR) is 229 cm³/mol. The Balaban J connectivity index is 1.50. The molecule has 2 aromatic heterocycles. The van der Waals surface area contributed by atoms with E-state index >= 15 is 0 Å². The summed E-state index contributed by atoms with van der Waals surface area (Å²) in [6.07, 6.45) is -1.77. The van der Waals surface area contributed by atoms with Crippen molar-refractivity contribution in [1.82, 2.24) is 19.2 Å². The van der Waals surface area contributed by atoms with Gasteiger partial charge in [-0.15, -0.1) is 0 Å². The number of pyridine rings is 1. The second kappa shape index (κ2) is 19.9. The van der Waals surface area contributed by atoms with Gasteiger partial charge in [-0.2, -0.15) is 0 Å². The zero-order valence-electron chi connectivity index (χ0n) is 35.2. The molecule has 1 aliphatic rings. The van der Waals surface area contributed by atoms with Gasteiger partial charge in [-0.1, -0.05) is 54.6 Å². The molecule has 0 radical (unpaired) electrons. The lowest BCUT2D eigenvalue weighted by atomic mass is 9.80. The van der Waals surface area contributed by atoms with E-state index in [1.165, 1.54) is 13.3 Å². The van der Waals surface area contributed by atoms with Crippen molar-refractivity contribution >= 4 is 31.3 Å². The molecule has 0 aliphatic carbocycles. The SMILES string of the molecule is [C-]#[N+]CCOP(OC1[C@@H](OC)[C@H](n2cnc3c(=O)[nH]c(NC(C)=O)cc32)O[C@@H]1COC(c1ccccc1)(c1ccc(OC)cc1)c1ccc(OC)cc1)N(C(C)C)C(C)C. The molecule has 0 saturated carbocycles. The van der Waals surface area contributed by atoms with Crippen LogP contribution in [-0.4, -0.2) is 96.6 Å². The number of hydrogen-bond acceptors (Lipinski definition) is 11. The molecule has 3 aromatic carbocycles. The molecule has 1 saturated heterocycles. The number of nitrogens with zero attached hydrogens (tertiary/aromatic N) is 4. The number of anilines is 1. The molecule has 0 bridgehead atoms. The Morgan fingerprint density at radius 1 is 0.950 bits per heavy atom. The van der Waals surface area contributed by atoms with Crippen LogP contribution in [0.1, 0.15) is 57.5 Å². The summed E-state index contributed by atoms with van der Waals surface area (Å²) in [5.74, 6) is 1.23. The fraction of sp³-hybridized carbons (Fsp3) is 0.409. The molecule has 5 atom stereocenters. The van der Waals surface area contributed by atoms with E-state index in [0.717, 1.165) is 16.7 Å². The van der Waals surface area contributed by atoms with E-state index < -0.39 is 44.2 Å². The number of amides is 1. The van der Waals surface area contributed by atoms with E-state index in [1.807, 2.05) is 78.9 Å². The van der Waals surface area contributed by atoms with Crippen LogP contribution in [0.2, 0.25) is 0 Å². The number of carbonyl (C=O) groups is 1. The highest BCUT2D eigenvalue weighted by Crippen LogP contribution is 2.51. The Kier molecular flexibility index (Phi) is 14.7. The predicted octanol–water partition coefficient (Wildman–Crippen LogP) is 7.29. The molecule has 2 N–H and O–H groups in total. The van der Waals surface area contributed by atoms with E-state index in [9.17, 15) is 9.59 Å². The van der Waals surface area contributed by atoms with Crippen LogP contribution >= 0.6 is 8.53 Å². The second-order valence-corrected chi connectivity index (χ2v) is 16.2. The number of H-pyrrole nitrogens is 1. The van der Waals surface area contributed by atoms with Crippen molar-refractivity contribution in [2.75, 3.05) is 46.4 Å². The van der Waals surface area contributed by atoms with Crippen LogP contribution in [0.3, 0.4) is 0 Å². The Morgan fingerprint density at radius 3 is 2.08 bits per heavy atom. The Morgan fingerprint density at radius 2 is 1.55 bits per heavy atom. The van der Waals surface area contributed by atoms with E-state index in [-0.39, 0.29) is 49.1 Å². The maximum atomic E-state index is 13.2. The third-order valence-corrected chi connectivity index (χ3v) is 12.3. The number of aromatic nitrogens is 3. The van der Waals surface area contributed by atoms with Crippen LogP contribution in [-0.2, 0) is 33.7 Å². The fourth-order valence-electron chi connectivity index (χ4n) is 7.62. The van der Waals surface area contributed by atoms with Crippen molar-refractivity contribution < 1.29 is 37.5 Å². The monoisotopic (exact) mass is 840 g/mol. The highest BCUT2D eigenvalue weighted by Gasteiger charge is 2.51. The van der Waals surface area contributed by atoms with Gasteiger partial charge in [0.15, 0.2) is 11.7 Å². The summed E-state index contributed by atoms with van der Waals surface area (Å²) in [6.45, 7) is 17.4. The number of rotatable bonds is 19. The third-order valence-electron chi connectivity index (χ3n) is 10.2. The molecule has 0 spiro atoms. The topological polar surface area (TPSA) is 152 Å². The largest absolute Gasteiger partial charge is 0.497 e. The van der Waals surface area contributed by atoms with Crippen LogP contribution in [0.4, 0.5) is 5.82 Å². The summed E-state index contributed by atoms with van der Waals surface area (Å²) in [4.78, 5) is 35.9. The van der Waals surface area contributed by atoms with Gasteiger partial charge in [-0.3, -0.25) is 9.59 Å². The number of nitrogens with one attached hydrogen (secondary N) is 2. The maximum Gasteiger partial charge on any atom is 0.277 e. The van der Waals surface area contributed by atoms with Crippen LogP contribution in [0.15, 0.2) is 96.1 Å². The Bertz CT molecular complexity index is 2220. The van der Waals surface area contributed by atoms with Crippen molar-refractivity contribution in [3.63, 3.8) is 0 Å². The normalized spacial score (nSPS) is 18.6. The first kappa shape index (κ1) is 44.4. The van der Waals surface area contributed by atoms with E-state index in [0.29, 0.717) is 17.0 Å². The number of hydrogen-bond donors (Lipinski definition) is 2. The van der Waals surface area contributed by atoms with E-state index in [1.54, 1.807) is 32.0 Å². The number of aromatic amines is 1. The van der Waals surface area contributed by atoms with Crippen molar-refractivity contribution in [2.45, 2.75) is 76.8 Å². The molecule has 1 amide bonds. The van der Waals surface area contributed by atoms with Gasteiger partial charge in [0, 0.05) is 32.2 Å². The highest BCUT2D eigenvalue weighted by atomic mass is 31.2. The number of methoxy groups -OCH3 is 3. The van der Waals surface area contributed by atoms with Crippen molar-refractivity contribution in [2.24, 2.45) is 0 Å². The molecular formula is C44H53N6O9P. The number of carbonyl (C=O) groups excluding carboxylic acids is 1. The average Bonchev–Trinajstić information content (AvgIpc) is 3.82. The first-order chi connectivity index (χ1) is 28.9. The summed E-state index contributed by atoms with van der Waals surface area (Å²) in [6, 6.07) is 27.1. The van der Waals surface area contributed by atoms with Gasteiger partial charge in [0.1, 0.15) is 47.8 Å². The molecule has 2 unspecified atom stereocenters. The van der Waals surface area contributed by atoms with Gasteiger partial charge in [0.05, 0.1) is 32.7 Å². The third kappa shape index (κ3) is 9.41. The summed E-state index contributed by atoms with van der Waals surface area (Å²) < 4.78 is 49.1. The van der Waals surface area contributed by atoms with Gasteiger partial charge in [0.2, 0.25) is 12.5 Å². The Labute approximate surface area is 351 Å². The lowest BCUT2D eigenvalue weighted by Gasteiger charge is -2.39. The van der Waals surface area contributed by atoms with Crippen molar-refractivity contribution in [3.05, 3.63) is 130 Å². The summed E-state index contributed by atoms with van der Waals surface area (Å²) in [5.41, 5.74) is 1.41. The molecule has 318 valence electrons. The van der Waals surface area contributed by atoms with Gasteiger partial charge >= 0.3 is 0 Å². The fourth-order valence-corrected chi connectivity index (χ4v) is 9.38. The summed E-state index contributed by atoms with van der Waals surface area (Å²) in [5, 5.41) is 2.66. The minimum absolute atomic E-state index is 0.0188. The molecule has 16 heteroatoms. The summed E-state index contributed by atoms with van der Waals surface area (Å²) >= 11 is 0. The van der Waals surface area contributed by atoms with E-state index in [4.69, 9.17) is 39.3 Å². The molecule has 5 aromatic rings.